The van der Waals surface area contributed by atoms with E-state index in [-0.39, 0.29) is 33.5 Å². The highest BCUT2D eigenvalue weighted by Gasteiger charge is 2.36. The van der Waals surface area contributed by atoms with Gasteiger partial charge in [0.1, 0.15) is 5.75 Å². The van der Waals surface area contributed by atoms with Gasteiger partial charge in [-0.2, -0.15) is 0 Å². The van der Waals surface area contributed by atoms with E-state index in [9.17, 15) is 14.4 Å². The van der Waals surface area contributed by atoms with Gasteiger partial charge in [-0.05, 0) is 44.2 Å². The molecule has 0 atom stereocenters. The Morgan fingerprint density at radius 1 is 1.04 bits per heavy atom. The lowest BCUT2D eigenvalue weighted by atomic mass is 10.1. The predicted molar refractivity (Wildman–Crippen MR) is 98.3 cm³/mol. The number of imide groups is 1. The van der Waals surface area contributed by atoms with Crippen LogP contribution in [-0.2, 0) is 6.54 Å². The van der Waals surface area contributed by atoms with Gasteiger partial charge in [-0.3, -0.25) is 19.3 Å². The molecule has 0 bridgehead atoms. The lowest BCUT2D eigenvalue weighted by molar-refractivity contribution is 0.0641. The van der Waals surface area contributed by atoms with Crippen LogP contribution in [-0.4, -0.2) is 29.1 Å². The SMILES string of the molecule is CCOc1ccc(C(C)=O)cc1CN1C(=O)c2cc(Cl)c(Cl)cc2C1=O. The predicted octanol–water partition coefficient (Wildman–Crippen LogP) is 4.39. The second kappa shape index (κ2) is 7.09. The molecular weight excluding hydrogens is 377 g/mol. The Hall–Kier alpha value is -2.37. The van der Waals surface area contributed by atoms with Crippen molar-refractivity contribution < 1.29 is 19.1 Å². The third kappa shape index (κ3) is 3.20. The maximum Gasteiger partial charge on any atom is 0.261 e. The number of benzene rings is 2. The molecule has 0 saturated heterocycles. The Morgan fingerprint density at radius 2 is 1.62 bits per heavy atom. The van der Waals surface area contributed by atoms with E-state index in [1.807, 2.05) is 6.92 Å². The van der Waals surface area contributed by atoms with E-state index >= 15 is 0 Å². The summed E-state index contributed by atoms with van der Waals surface area (Å²) in [5.74, 6) is -0.515. The highest BCUT2D eigenvalue weighted by Crippen LogP contribution is 2.33. The summed E-state index contributed by atoms with van der Waals surface area (Å²) in [6, 6.07) is 7.75. The van der Waals surface area contributed by atoms with Gasteiger partial charge in [-0.15, -0.1) is 0 Å². The molecule has 2 aromatic carbocycles. The zero-order valence-electron chi connectivity index (χ0n) is 14.1. The molecule has 0 N–H and O–H groups in total. The summed E-state index contributed by atoms with van der Waals surface area (Å²) in [5.41, 5.74) is 1.48. The summed E-state index contributed by atoms with van der Waals surface area (Å²) >= 11 is 11.9. The van der Waals surface area contributed by atoms with Crippen LogP contribution in [0.5, 0.6) is 5.75 Å². The number of hydrogen-bond donors (Lipinski definition) is 0. The van der Waals surface area contributed by atoms with Crippen LogP contribution in [0.3, 0.4) is 0 Å². The van der Waals surface area contributed by atoms with Crippen molar-refractivity contribution in [1.29, 1.82) is 0 Å². The molecule has 3 rings (SSSR count). The third-order valence-electron chi connectivity index (χ3n) is 4.11. The van der Waals surface area contributed by atoms with Gasteiger partial charge in [-0.1, -0.05) is 23.2 Å². The number of fused-ring (bicyclic) bond motifs is 1. The molecule has 5 nitrogen and oxygen atoms in total. The zero-order chi connectivity index (χ0) is 19.0. The monoisotopic (exact) mass is 391 g/mol. The Labute approximate surface area is 160 Å². The fourth-order valence-corrected chi connectivity index (χ4v) is 3.14. The molecule has 1 aliphatic heterocycles. The van der Waals surface area contributed by atoms with Gasteiger partial charge in [0.05, 0.1) is 34.3 Å². The molecule has 0 spiro atoms. The van der Waals surface area contributed by atoms with E-state index in [0.717, 1.165) is 4.90 Å². The molecule has 0 radical (unpaired) electrons. The number of ether oxygens (including phenoxy) is 1. The summed E-state index contributed by atoms with van der Waals surface area (Å²) in [6.45, 7) is 3.68. The van der Waals surface area contributed by atoms with Crippen molar-refractivity contribution in [2.45, 2.75) is 20.4 Å². The number of ketones is 1. The van der Waals surface area contributed by atoms with Crippen LogP contribution >= 0.6 is 23.2 Å². The average Bonchev–Trinajstić information content (AvgIpc) is 2.81. The van der Waals surface area contributed by atoms with Crippen molar-refractivity contribution in [3.8, 4) is 5.75 Å². The average molecular weight is 392 g/mol. The maximum atomic E-state index is 12.7. The van der Waals surface area contributed by atoms with Gasteiger partial charge in [0.25, 0.3) is 11.8 Å². The Kier molecular flexibility index (Phi) is 5.03. The van der Waals surface area contributed by atoms with Gasteiger partial charge >= 0.3 is 0 Å². The van der Waals surface area contributed by atoms with Crippen molar-refractivity contribution in [2.75, 3.05) is 6.61 Å². The molecule has 26 heavy (non-hydrogen) atoms. The van der Waals surface area contributed by atoms with Crippen molar-refractivity contribution in [3.63, 3.8) is 0 Å². The highest BCUT2D eigenvalue weighted by molar-refractivity contribution is 6.43. The summed E-state index contributed by atoms with van der Waals surface area (Å²) < 4.78 is 5.57. The van der Waals surface area contributed by atoms with E-state index in [4.69, 9.17) is 27.9 Å². The molecular formula is C19H15Cl2NO4. The minimum atomic E-state index is -0.459. The Bertz CT molecular complexity index is 898. The molecule has 0 aromatic heterocycles. The van der Waals surface area contributed by atoms with Gasteiger partial charge < -0.3 is 4.74 Å². The first kappa shape index (κ1) is 18.4. The number of hydrogen-bond acceptors (Lipinski definition) is 4. The standard InChI is InChI=1S/C19H15Cl2NO4/c1-3-26-17-5-4-11(10(2)23)6-12(17)9-22-18(24)13-7-15(20)16(21)8-14(13)19(22)25/h4-8H,3,9H2,1-2H3. The van der Waals surface area contributed by atoms with Crippen LogP contribution in [0.25, 0.3) is 0 Å². The van der Waals surface area contributed by atoms with Crippen LogP contribution in [0, 0.1) is 0 Å². The van der Waals surface area contributed by atoms with Crippen LogP contribution < -0.4 is 4.74 Å². The van der Waals surface area contributed by atoms with Gasteiger partial charge in [0, 0.05) is 11.1 Å². The van der Waals surface area contributed by atoms with E-state index in [0.29, 0.717) is 23.5 Å². The minimum absolute atomic E-state index is 0.0158. The van der Waals surface area contributed by atoms with E-state index in [1.165, 1.54) is 19.1 Å². The zero-order valence-corrected chi connectivity index (χ0v) is 15.6. The lowest BCUT2D eigenvalue weighted by Crippen LogP contribution is -2.29. The number of nitrogens with zero attached hydrogens (tertiary/aromatic N) is 1. The summed E-state index contributed by atoms with van der Waals surface area (Å²) in [7, 11) is 0. The van der Waals surface area contributed by atoms with Gasteiger partial charge in [-0.25, -0.2) is 0 Å². The first-order chi connectivity index (χ1) is 12.3. The molecule has 1 heterocycles. The number of carbonyl (C=O) groups excluding carboxylic acids is 3. The Morgan fingerprint density at radius 3 is 2.12 bits per heavy atom. The normalized spacial score (nSPS) is 13.2. The molecule has 134 valence electrons. The molecule has 2 amide bonds. The Balaban J connectivity index is 1.99. The second-order valence-corrected chi connectivity index (χ2v) is 6.63. The van der Waals surface area contributed by atoms with Gasteiger partial charge in [0.15, 0.2) is 5.78 Å². The number of halogens is 2. The number of carbonyl (C=O) groups is 3. The molecule has 2 aromatic rings. The minimum Gasteiger partial charge on any atom is -0.494 e. The number of rotatable bonds is 5. The molecule has 0 fully saturated rings. The fourth-order valence-electron chi connectivity index (χ4n) is 2.82. The van der Waals surface area contributed by atoms with E-state index in [1.54, 1.807) is 18.2 Å². The van der Waals surface area contributed by atoms with Crippen molar-refractivity contribution >= 4 is 40.8 Å². The van der Waals surface area contributed by atoms with E-state index in [2.05, 4.69) is 0 Å². The fraction of sp³-hybridized carbons (Fsp3) is 0.211. The second-order valence-electron chi connectivity index (χ2n) is 5.82. The molecule has 1 aliphatic rings. The van der Waals surface area contributed by atoms with Crippen molar-refractivity contribution in [2.24, 2.45) is 0 Å². The smallest absolute Gasteiger partial charge is 0.261 e. The summed E-state index contributed by atoms with van der Waals surface area (Å²) in [6.07, 6.45) is 0. The molecule has 0 saturated carbocycles. The van der Waals surface area contributed by atoms with Crippen molar-refractivity contribution in [1.82, 2.24) is 4.90 Å². The summed E-state index contributed by atoms with van der Waals surface area (Å²) in [5, 5.41) is 0.420. The maximum absolute atomic E-state index is 12.7. The largest absolute Gasteiger partial charge is 0.494 e. The third-order valence-corrected chi connectivity index (χ3v) is 4.83. The molecule has 0 aliphatic carbocycles. The number of amides is 2. The topological polar surface area (TPSA) is 63.7 Å². The van der Waals surface area contributed by atoms with Crippen LogP contribution in [0.15, 0.2) is 30.3 Å². The highest BCUT2D eigenvalue weighted by atomic mass is 35.5. The lowest BCUT2D eigenvalue weighted by Gasteiger charge is -2.17. The first-order valence-corrected chi connectivity index (χ1v) is 8.71. The quantitative estimate of drug-likeness (QED) is 0.559. The number of Topliss-reactive ketones (excluding diaryl/α,β-unsaturated/α-hetero) is 1. The molecule has 0 unspecified atom stereocenters. The van der Waals surface area contributed by atoms with Crippen LogP contribution in [0.2, 0.25) is 10.0 Å². The van der Waals surface area contributed by atoms with Gasteiger partial charge in [0.2, 0.25) is 0 Å². The van der Waals surface area contributed by atoms with Crippen LogP contribution in [0.1, 0.15) is 50.5 Å². The first-order valence-electron chi connectivity index (χ1n) is 7.95. The molecule has 7 heteroatoms. The van der Waals surface area contributed by atoms with Crippen LogP contribution in [0.4, 0.5) is 0 Å². The van der Waals surface area contributed by atoms with E-state index < -0.39 is 11.8 Å². The summed E-state index contributed by atoms with van der Waals surface area (Å²) in [4.78, 5) is 38.1. The van der Waals surface area contributed by atoms with Crippen molar-refractivity contribution in [3.05, 3.63) is 62.6 Å².